The summed E-state index contributed by atoms with van der Waals surface area (Å²) in [7, 11) is 5.13. The Morgan fingerprint density at radius 2 is 2.05 bits per heavy atom. The lowest BCUT2D eigenvalue weighted by atomic mass is 10.0. The van der Waals surface area contributed by atoms with Crippen molar-refractivity contribution in [1.29, 1.82) is 0 Å². The van der Waals surface area contributed by atoms with Crippen molar-refractivity contribution in [3.8, 4) is 11.5 Å². The smallest absolute Gasteiger partial charge is 0.181 e. The Morgan fingerprint density at radius 3 is 2.68 bits per heavy atom. The van der Waals surface area contributed by atoms with Crippen molar-refractivity contribution in [2.45, 2.75) is 6.04 Å². The highest BCUT2D eigenvalue weighted by Gasteiger charge is 2.27. The molecule has 1 fully saturated rings. The third-order valence-electron chi connectivity index (χ3n) is 3.48. The number of Topliss-reactive ketones (excluding diaryl/α,β-unsaturated/α-hetero) is 1. The number of benzene rings is 1. The van der Waals surface area contributed by atoms with E-state index in [2.05, 4.69) is 10.2 Å². The maximum Gasteiger partial charge on any atom is 0.181 e. The predicted molar refractivity (Wildman–Crippen MR) is 73.2 cm³/mol. The van der Waals surface area contributed by atoms with Gasteiger partial charge >= 0.3 is 0 Å². The number of methoxy groups -OCH3 is 2. The Hall–Kier alpha value is -1.59. The number of rotatable bonds is 4. The second-order valence-corrected chi connectivity index (χ2v) is 4.63. The van der Waals surface area contributed by atoms with Gasteiger partial charge in [0.25, 0.3) is 0 Å². The Bertz CT molecular complexity index is 462. The molecule has 1 aliphatic heterocycles. The predicted octanol–water partition coefficient (Wildman–Crippen LogP) is 0.790. The van der Waals surface area contributed by atoms with Gasteiger partial charge in [0, 0.05) is 25.2 Å². The molecule has 1 aromatic carbocycles. The Labute approximate surface area is 113 Å². The molecular formula is C14H20N2O3. The van der Waals surface area contributed by atoms with Gasteiger partial charge in [0.1, 0.15) is 0 Å². The molecule has 19 heavy (non-hydrogen) atoms. The van der Waals surface area contributed by atoms with E-state index in [9.17, 15) is 4.79 Å². The summed E-state index contributed by atoms with van der Waals surface area (Å²) in [6.45, 7) is 2.49. The van der Waals surface area contributed by atoms with Crippen LogP contribution < -0.4 is 14.8 Å². The highest BCUT2D eigenvalue weighted by Crippen LogP contribution is 2.28. The average Bonchev–Trinajstić information content (AvgIpc) is 2.46. The van der Waals surface area contributed by atoms with Crippen LogP contribution in [0.4, 0.5) is 0 Å². The van der Waals surface area contributed by atoms with Gasteiger partial charge in [-0.3, -0.25) is 9.69 Å². The number of ether oxygens (including phenoxy) is 2. The van der Waals surface area contributed by atoms with Crippen LogP contribution in [0.15, 0.2) is 18.2 Å². The van der Waals surface area contributed by atoms with Crippen molar-refractivity contribution < 1.29 is 14.3 Å². The van der Waals surface area contributed by atoms with E-state index in [1.54, 1.807) is 32.4 Å². The third-order valence-corrected chi connectivity index (χ3v) is 3.48. The normalized spacial score (nSPS) is 20.1. The molecular weight excluding hydrogens is 244 g/mol. The van der Waals surface area contributed by atoms with Crippen molar-refractivity contribution >= 4 is 5.78 Å². The number of piperazine rings is 1. The van der Waals surface area contributed by atoms with Crippen LogP contribution >= 0.6 is 0 Å². The first-order valence-corrected chi connectivity index (χ1v) is 6.34. The molecule has 0 spiro atoms. The molecule has 1 saturated heterocycles. The number of likely N-dealkylation sites (N-methyl/N-ethyl adjacent to an activating group) is 1. The summed E-state index contributed by atoms with van der Waals surface area (Å²) in [6, 6.07) is 5.17. The van der Waals surface area contributed by atoms with Crippen LogP contribution in [0, 0.1) is 0 Å². The molecule has 0 bridgehead atoms. The first-order chi connectivity index (χ1) is 9.17. The van der Waals surface area contributed by atoms with Gasteiger partial charge in [0.2, 0.25) is 0 Å². The molecule has 1 atom stereocenters. The molecule has 0 saturated carbocycles. The van der Waals surface area contributed by atoms with Crippen LogP contribution in [0.5, 0.6) is 11.5 Å². The van der Waals surface area contributed by atoms with Crippen LogP contribution in [0.25, 0.3) is 0 Å². The van der Waals surface area contributed by atoms with Gasteiger partial charge in [0.15, 0.2) is 17.3 Å². The summed E-state index contributed by atoms with van der Waals surface area (Å²) >= 11 is 0. The van der Waals surface area contributed by atoms with Gasteiger partial charge in [-0.15, -0.1) is 0 Å². The summed E-state index contributed by atoms with van der Waals surface area (Å²) in [6.07, 6.45) is 0. The second-order valence-electron chi connectivity index (χ2n) is 4.63. The Balaban J connectivity index is 2.23. The van der Waals surface area contributed by atoms with Crippen LogP contribution in [0.1, 0.15) is 10.4 Å². The fraction of sp³-hybridized carbons (Fsp3) is 0.500. The Kier molecular flexibility index (Phi) is 4.39. The lowest BCUT2D eigenvalue weighted by molar-refractivity contribution is 0.0819. The van der Waals surface area contributed by atoms with Crippen molar-refractivity contribution in [1.82, 2.24) is 10.2 Å². The zero-order valence-electron chi connectivity index (χ0n) is 11.6. The highest BCUT2D eigenvalue weighted by molar-refractivity contribution is 6.00. The average molecular weight is 264 g/mol. The van der Waals surface area contributed by atoms with Gasteiger partial charge in [-0.2, -0.15) is 0 Å². The number of nitrogens with zero attached hydrogens (tertiary/aromatic N) is 1. The maximum atomic E-state index is 12.5. The van der Waals surface area contributed by atoms with Gasteiger partial charge in [-0.1, -0.05) is 0 Å². The minimum atomic E-state index is -0.119. The van der Waals surface area contributed by atoms with E-state index in [0.29, 0.717) is 23.6 Å². The number of carbonyl (C=O) groups excluding carboxylic acids is 1. The summed E-state index contributed by atoms with van der Waals surface area (Å²) < 4.78 is 10.4. The van der Waals surface area contributed by atoms with E-state index in [-0.39, 0.29) is 11.8 Å². The fourth-order valence-corrected chi connectivity index (χ4v) is 2.28. The van der Waals surface area contributed by atoms with Gasteiger partial charge < -0.3 is 14.8 Å². The minimum absolute atomic E-state index is 0.107. The summed E-state index contributed by atoms with van der Waals surface area (Å²) in [5.41, 5.74) is 0.651. The van der Waals surface area contributed by atoms with E-state index in [4.69, 9.17) is 9.47 Å². The van der Waals surface area contributed by atoms with Gasteiger partial charge in [-0.25, -0.2) is 0 Å². The third kappa shape index (κ3) is 2.88. The molecule has 1 aliphatic rings. The lowest BCUT2D eigenvalue weighted by Crippen LogP contribution is -2.53. The van der Waals surface area contributed by atoms with E-state index in [0.717, 1.165) is 13.1 Å². The van der Waals surface area contributed by atoms with E-state index >= 15 is 0 Å². The van der Waals surface area contributed by atoms with Crippen molar-refractivity contribution in [3.63, 3.8) is 0 Å². The Morgan fingerprint density at radius 1 is 1.32 bits per heavy atom. The number of ketones is 1. The standard InChI is InChI=1S/C14H20N2O3/c1-16-7-6-15-9-11(16)14(17)10-4-5-12(18-2)13(8-10)19-3/h4-5,8,11,15H,6-7,9H2,1-3H3. The largest absolute Gasteiger partial charge is 0.493 e. The molecule has 1 heterocycles. The van der Waals surface area contributed by atoms with Crippen molar-refractivity contribution in [3.05, 3.63) is 23.8 Å². The molecule has 1 unspecified atom stereocenters. The SMILES string of the molecule is COc1ccc(C(=O)C2CNCCN2C)cc1OC. The van der Waals surface area contributed by atoms with E-state index < -0.39 is 0 Å². The molecule has 2 rings (SSSR count). The molecule has 0 aromatic heterocycles. The molecule has 104 valence electrons. The first kappa shape index (κ1) is 13.8. The number of carbonyl (C=O) groups is 1. The van der Waals surface area contributed by atoms with Crippen LogP contribution in [0.3, 0.4) is 0 Å². The monoisotopic (exact) mass is 264 g/mol. The number of hydrogen-bond donors (Lipinski definition) is 1. The molecule has 1 N–H and O–H groups in total. The van der Waals surface area contributed by atoms with E-state index in [1.165, 1.54) is 0 Å². The quantitative estimate of drug-likeness (QED) is 0.815. The highest BCUT2D eigenvalue weighted by atomic mass is 16.5. The van der Waals surface area contributed by atoms with E-state index in [1.807, 2.05) is 7.05 Å². The zero-order valence-corrected chi connectivity index (χ0v) is 11.6. The zero-order chi connectivity index (χ0) is 13.8. The molecule has 5 heteroatoms. The van der Waals surface area contributed by atoms with Crippen molar-refractivity contribution in [2.75, 3.05) is 40.9 Å². The summed E-state index contributed by atoms with van der Waals surface area (Å²) in [5, 5.41) is 3.25. The van der Waals surface area contributed by atoms with Gasteiger partial charge in [-0.05, 0) is 25.2 Å². The number of hydrogen-bond acceptors (Lipinski definition) is 5. The van der Waals surface area contributed by atoms with Gasteiger partial charge in [0.05, 0.1) is 20.3 Å². The number of nitrogens with one attached hydrogen (secondary N) is 1. The molecule has 1 aromatic rings. The summed E-state index contributed by atoms with van der Waals surface area (Å²) in [4.78, 5) is 14.6. The van der Waals surface area contributed by atoms with Crippen LogP contribution in [-0.2, 0) is 0 Å². The second kappa shape index (κ2) is 6.04. The van der Waals surface area contributed by atoms with Crippen LogP contribution in [-0.4, -0.2) is 57.6 Å². The minimum Gasteiger partial charge on any atom is -0.493 e. The summed E-state index contributed by atoms with van der Waals surface area (Å²) in [5.74, 6) is 1.32. The topological polar surface area (TPSA) is 50.8 Å². The molecule has 0 amide bonds. The lowest BCUT2D eigenvalue weighted by Gasteiger charge is -2.32. The van der Waals surface area contributed by atoms with Crippen LogP contribution in [0.2, 0.25) is 0 Å². The maximum absolute atomic E-state index is 12.5. The molecule has 0 radical (unpaired) electrons. The first-order valence-electron chi connectivity index (χ1n) is 6.34. The fourth-order valence-electron chi connectivity index (χ4n) is 2.28. The molecule has 0 aliphatic carbocycles. The molecule has 5 nitrogen and oxygen atoms in total. The van der Waals surface area contributed by atoms with Crippen molar-refractivity contribution in [2.24, 2.45) is 0 Å².